The van der Waals surface area contributed by atoms with Gasteiger partial charge in [-0.2, -0.15) is 0 Å². The van der Waals surface area contributed by atoms with E-state index in [4.69, 9.17) is 5.73 Å². The molecular weight excluding hydrogens is 390 g/mol. The zero-order valence-electron chi connectivity index (χ0n) is 16.7. The van der Waals surface area contributed by atoms with E-state index in [1.165, 1.54) is 6.07 Å². The third-order valence-corrected chi connectivity index (χ3v) is 6.41. The van der Waals surface area contributed by atoms with Gasteiger partial charge in [-0.25, -0.2) is 13.1 Å². The Morgan fingerprint density at radius 3 is 2.41 bits per heavy atom. The minimum absolute atomic E-state index is 0.0825. The quantitative estimate of drug-likeness (QED) is 0.663. The Labute approximate surface area is 169 Å². The SMILES string of the molecule is Cc1ccc(NC(=O)Cn2nnc(S(=O)(=O)c3ccc(C)c(C)c3)c2N)c(C)c1. The van der Waals surface area contributed by atoms with Gasteiger partial charge in [-0.15, -0.1) is 5.10 Å². The molecule has 1 heterocycles. The minimum atomic E-state index is -3.95. The van der Waals surface area contributed by atoms with Crippen LogP contribution in [0.4, 0.5) is 11.5 Å². The Morgan fingerprint density at radius 2 is 1.76 bits per heavy atom. The van der Waals surface area contributed by atoms with Gasteiger partial charge in [0.2, 0.25) is 20.8 Å². The number of nitrogens with one attached hydrogen (secondary N) is 1. The minimum Gasteiger partial charge on any atom is -0.381 e. The number of rotatable bonds is 5. The van der Waals surface area contributed by atoms with Crippen molar-refractivity contribution in [2.24, 2.45) is 0 Å². The van der Waals surface area contributed by atoms with Gasteiger partial charge in [0.25, 0.3) is 0 Å². The standard InChI is InChI=1S/C20H23N5O3S/c1-12-5-8-17(15(4)9-12)22-18(26)11-25-19(21)20(23-24-25)29(27,28)16-7-6-13(2)14(3)10-16/h5-10H,11,21H2,1-4H3,(H,22,26). The molecule has 9 heteroatoms. The van der Waals surface area contributed by atoms with Crippen LogP contribution in [0, 0.1) is 27.7 Å². The number of carbonyl (C=O) groups is 1. The first-order chi connectivity index (χ1) is 13.6. The molecule has 0 bridgehead atoms. The van der Waals surface area contributed by atoms with E-state index in [-0.39, 0.29) is 28.2 Å². The number of hydrogen-bond acceptors (Lipinski definition) is 6. The van der Waals surface area contributed by atoms with E-state index in [1.807, 2.05) is 45.9 Å². The molecule has 0 fully saturated rings. The van der Waals surface area contributed by atoms with E-state index in [9.17, 15) is 13.2 Å². The Hall–Kier alpha value is -3.20. The van der Waals surface area contributed by atoms with Crippen LogP contribution in [0.1, 0.15) is 22.3 Å². The van der Waals surface area contributed by atoms with Crippen LogP contribution in [0.3, 0.4) is 0 Å². The van der Waals surface area contributed by atoms with E-state index in [0.29, 0.717) is 5.69 Å². The van der Waals surface area contributed by atoms with Gasteiger partial charge in [0.15, 0.2) is 5.82 Å². The average Bonchev–Trinajstić information content (AvgIpc) is 3.01. The molecule has 0 atom stereocenters. The van der Waals surface area contributed by atoms with Crippen LogP contribution in [0.15, 0.2) is 46.3 Å². The summed E-state index contributed by atoms with van der Waals surface area (Å²) >= 11 is 0. The monoisotopic (exact) mass is 413 g/mol. The van der Waals surface area contributed by atoms with Gasteiger partial charge in [0.1, 0.15) is 6.54 Å². The maximum Gasteiger partial charge on any atom is 0.246 e. The van der Waals surface area contributed by atoms with Crippen LogP contribution in [-0.2, 0) is 21.2 Å². The highest BCUT2D eigenvalue weighted by molar-refractivity contribution is 7.91. The van der Waals surface area contributed by atoms with Crippen molar-refractivity contribution in [2.75, 3.05) is 11.1 Å². The second-order valence-corrected chi connectivity index (χ2v) is 8.92. The number of aromatic nitrogens is 3. The van der Waals surface area contributed by atoms with E-state index in [2.05, 4.69) is 15.6 Å². The van der Waals surface area contributed by atoms with Crippen LogP contribution in [0.5, 0.6) is 0 Å². The molecule has 0 aliphatic heterocycles. The highest BCUT2D eigenvalue weighted by Crippen LogP contribution is 2.25. The lowest BCUT2D eigenvalue weighted by molar-refractivity contribution is -0.116. The highest BCUT2D eigenvalue weighted by Gasteiger charge is 2.27. The summed E-state index contributed by atoms with van der Waals surface area (Å²) in [7, 11) is -3.95. The van der Waals surface area contributed by atoms with Crippen molar-refractivity contribution in [3.8, 4) is 0 Å². The summed E-state index contributed by atoms with van der Waals surface area (Å²) in [6.45, 7) is 7.32. The number of anilines is 2. The van der Waals surface area contributed by atoms with Gasteiger partial charge < -0.3 is 11.1 Å². The molecule has 3 aromatic rings. The zero-order chi connectivity index (χ0) is 21.3. The summed E-state index contributed by atoms with van der Waals surface area (Å²) in [4.78, 5) is 12.5. The van der Waals surface area contributed by atoms with Gasteiger partial charge >= 0.3 is 0 Å². The Morgan fingerprint density at radius 1 is 1.03 bits per heavy atom. The van der Waals surface area contributed by atoms with Crippen molar-refractivity contribution in [3.05, 3.63) is 58.7 Å². The number of nitrogen functional groups attached to an aromatic ring is 1. The summed E-state index contributed by atoms with van der Waals surface area (Å²) in [5.41, 5.74) is 10.5. The predicted octanol–water partition coefficient (Wildman–Crippen LogP) is 2.57. The van der Waals surface area contributed by atoms with Gasteiger partial charge in [0.05, 0.1) is 4.90 Å². The number of hydrogen-bond donors (Lipinski definition) is 2. The molecule has 3 N–H and O–H groups in total. The van der Waals surface area contributed by atoms with Crippen LogP contribution < -0.4 is 11.1 Å². The number of aryl methyl sites for hydroxylation is 4. The fourth-order valence-corrected chi connectivity index (χ4v) is 4.21. The molecule has 0 aliphatic rings. The number of nitrogens with two attached hydrogens (primary N) is 1. The summed E-state index contributed by atoms with van der Waals surface area (Å²) in [5.74, 6) is -0.567. The first-order valence-corrected chi connectivity index (χ1v) is 10.5. The molecule has 0 spiro atoms. The molecule has 0 unspecified atom stereocenters. The second-order valence-electron chi connectivity index (χ2n) is 7.05. The van der Waals surface area contributed by atoms with Crippen molar-refractivity contribution >= 4 is 27.2 Å². The number of sulfone groups is 1. The lowest BCUT2D eigenvalue weighted by Crippen LogP contribution is -2.21. The topological polar surface area (TPSA) is 120 Å². The van der Waals surface area contributed by atoms with Gasteiger partial charge in [0, 0.05) is 5.69 Å². The molecule has 152 valence electrons. The lowest BCUT2D eigenvalue weighted by Gasteiger charge is -2.10. The third-order valence-electron chi connectivity index (χ3n) is 4.73. The Kier molecular flexibility index (Phi) is 5.43. The van der Waals surface area contributed by atoms with Crippen molar-refractivity contribution in [2.45, 2.75) is 44.2 Å². The summed E-state index contributed by atoms with van der Waals surface area (Å²) in [5, 5.41) is 9.91. The van der Waals surface area contributed by atoms with Crippen molar-refractivity contribution in [3.63, 3.8) is 0 Å². The van der Waals surface area contributed by atoms with Gasteiger partial charge in [-0.05, 0) is 62.6 Å². The molecule has 0 aliphatic carbocycles. The van der Waals surface area contributed by atoms with Crippen LogP contribution in [0.2, 0.25) is 0 Å². The molecule has 0 saturated heterocycles. The number of nitrogens with zero attached hydrogens (tertiary/aromatic N) is 3. The second kappa shape index (κ2) is 7.67. The van der Waals surface area contributed by atoms with Gasteiger partial charge in [-0.3, -0.25) is 4.79 Å². The molecule has 1 aromatic heterocycles. The van der Waals surface area contributed by atoms with E-state index < -0.39 is 9.84 Å². The van der Waals surface area contributed by atoms with Crippen molar-refractivity contribution in [1.82, 2.24) is 15.0 Å². The number of benzene rings is 2. The van der Waals surface area contributed by atoms with Gasteiger partial charge in [-0.1, -0.05) is 29.0 Å². The number of amides is 1. The molecule has 8 nitrogen and oxygen atoms in total. The van der Waals surface area contributed by atoms with E-state index >= 15 is 0 Å². The summed E-state index contributed by atoms with van der Waals surface area (Å²) in [6.07, 6.45) is 0. The normalized spacial score (nSPS) is 11.4. The predicted molar refractivity (Wildman–Crippen MR) is 110 cm³/mol. The molecule has 2 aromatic carbocycles. The molecule has 29 heavy (non-hydrogen) atoms. The first-order valence-electron chi connectivity index (χ1n) is 8.98. The lowest BCUT2D eigenvalue weighted by atomic mass is 10.1. The fourth-order valence-electron chi connectivity index (χ4n) is 2.88. The Balaban J connectivity index is 1.83. The molecule has 1 amide bonds. The molecule has 3 rings (SSSR count). The van der Waals surface area contributed by atoms with E-state index in [0.717, 1.165) is 26.9 Å². The third kappa shape index (κ3) is 4.14. The summed E-state index contributed by atoms with van der Waals surface area (Å²) in [6, 6.07) is 10.4. The molecule has 0 radical (unpaired) electrons. The smallest absolute Gasteiger partial charge is 0.246 e. The van der Waals surface area contributed by atoms with Crippen molar-refractivity contribution < 1.29 is 13.2 Å². The molecular formula is C20H23N5O3S. The fraction of sp³-hybridized carbons (Fsp3) is 0.250. The maximum atomic E-state index is 12.9. The van der Waals surface area contributed by atoms with E-state index in [1.54, 1.807) is 12.1 Å². The van der Waals surface area contributed by atoms with Crippen LogP contribution in [-0.4, -0.2) is 29.3 Å². The van der Waals surface area contributed by atoms with Crippen molar-refractivity contribution in [1.29, 1.82) is 0 Å². The summed E-state index contributed by atoms with van der Waals surface area (Å²) < 4.78 is 26.9. The Bertz CT molecular complexity index is 1200. The largest absolute Gasteiger partial charge is 0.381 e. The van der Waals surface area contributed by atoms with Crippen LogP contribution >= 0.6 is 0 Å². The average molecular weight is 414 g/mol. The highest BCUT2D eigenvalue weighted by atomic mass is 32.2. The first kappa shape index (κ1) is 20.5. The number of carbonyl (C=O) groups excluding carboxylic acids is 1. The maximum absolute atomic E-state index is 12.9. The zero-order valence-corrected chi connectivity index (χ0v) is 17.5. The van der Waals surface area contributed by atoms with Crippen LogP contribution in [0.25, 0.3) is 0 Å². The molecule has 0 saturated carbocycles.